The van der Waals surface area contributed by atoms with Gasteiger partial charge in [0.2, 0.25) is 5.16 Å². The van der Waals surface area contributed by atoms with Crippen LogP contribution in [-0.4, -0.2) is 90.2 Å². The number of ether oxygens (including phenoxy) is 1. The van der Waals surface area contributed by atoms with Gasteiger partial charge in [0, 0.05) is 29.0 Å². The molecule has 196 valence electrons. The van der Waals surface area contributed by atoms with Crippen LogP contribution in [0.5, 0.6) is 0 Å². The van der Waals surface area contributed by atoms with Crippen molar-refractivity contribution in [2.24, 2.45) is 12.2 Å². The Hall–Kier alpha value is -3.15. The lowest BCUT2D eigenvalue weighted by molar-refractivity contribution is -0.152. The Morgan fingerprint density at radius 2 is 2.24 bits per heavy atom. The molecule has 4 rings (SSSR count). The molecule has 1 unspecified atom stereocenters. The van der Waals surface area contributed by atoms with Gasteiger partial charge in [-0.1, -0.05) is 35.1 Å². The number of tetrazole rings is 1. The average molecular weight is 586 g/mol. The molecule has 1 fully saturated rings. The molecular formula is C19H20ClN9O5S3. The first-order valence-electron chi connectivity index (χ1n) is 10.4. The van der Waals surface area contributed by atoms with Crippen LogP contribution in [0.25, 0.3) is 0 Å². The second-order valence-corrected chi connectivity index (χ2v) is 10.9. The SMILES string of the molecule is C=C(Cl)COC(=O)C1=C(CSc2nnnn2C)CS[C@@H]2C(NC(=O)/C(=N\OC)c3csc(N)n3)C(=O)N12. The van der Waals surface area contributed by atoms with Crippen LogP contribution in [0.1, 0.15) is 5.69 Å². The molecule has 14 nitrogen and oxygen atoms in total. The van der Waals surface area contributed by atoms with Crippen molar-refractivity contribution in [1.29, 1.82) is 0 Å². The summed E-state index contributed by atoms with van der Waals surface area (Å²) in [5.74, 6) is -1.16. The third kappa shape index (κ3) is 5.73. The van der Waals surface area contributed by atoms with Crippen LogP contribution in [0.15, 0.2) is 38.6 Å². The number of aryl methyl sites for hydroxylation is 1. The number of amides is 2. The number of halogens is 1. The fourth-order valence-corrected chi connectivity index (χ4v) is 6.33. The Morgan fingerprint density at radius 3 is 2.86 bits per heavy atom. The van der Waals surface area contributed by atoms with Crippen molar-refractivity contribution in [3.8, 4) is 0 Å². The van der Waals surface area contributed by atoms with Crippen molar-refractivity contribution in [3.05, 3.63) is 34.0 Å². The summed E-state index contributed by atoms with van der Waals surface area (Å²) in [4.78, 5) is 49.3. The van der Waals surface area contributed by atoms with Gasteiger partial charge in [-0.15, -0.1) is 28.2 Å². The van der Waals surface area contributed by atoms with Crippen LogP contribution in [-0.2, 0) is 31.0 Å². The Labute approximate surface area is 227 Å². The topological polar surface area (TPSA) is 180 Å². The molecule has 2 aliphatic heterocycles. The minimum atomic E-state index is -0.918. The first-order chi connectivity index (χ1) is 17.7. The number of oxime groups is 1. The van der Waals surface area contributed by atoms with Crippen LogP contribution in [0.4, 0.5) is 5.13 Å². The fourth-order valence-electron chi connectivity index (χ4n) is 3.39. The maximum atomic E-state index is 13.2. The zero-order chi connectivity index (χ0) is 26.7. The van der Waals surface area contributed by atoms with Crippen molar-refractivity contribution >= 4 is 75.1 Å². The number of nitrogen functional groups attached to an aromatic ring is 1. The van der Waals surface area contributed by atoms with Gasteiger partial charge in [0.1, 0.15) is 36.5 Å². The molecule has 2 amide bonds. The lowest BCUT2D eigenvalue weighted by atomic mass is 10.0. The molecule has 37 heavy (non-hydrogen) atoms. The van der Waals surface area contributed by atoms with Crippen LogP contribution < -0.4 is 11.1 Å². The first-order valence-corrected chi connectivity index (χ1v) is 13.7. The zero-order valence-corrected chi connectivity index (χ0v) is 22.6. The second-order valence-electron chi connectivity index (χ2n) is 7.47. The summed E-state index contributed by atoms with van der Waals surface area (Å²) in [5, 5.41) is 19.6. The van der Waals surface area contributed by atoms with Crippen LogP contribution in [0.2, 0.25) is 0 Å². The number of fused-ring (bicyclic) bond motifs is 1. The van der Waals surface area contributed by atoms with E-state index in [0.29, 0.717) is 22.2 Å². The first kappa shape index (κ1) is 26.9. The molecule has 18 heteroatoms. The van der Waals surface area contributed by atoms with E-state index in [1.165, 1.54) is 40.2 Å². The molecule has 2 atom stereocenters. The number of esters is 1. The Morgan fingerprint density at radius 1 is 1.46 bits per heavy atom. The molecule has 0 aromatic carbocycles. The number of β-lactam (4-membered cyclic amide) rings is 1. The van der Waals surface area contributed by atoms with Crippen molar-refractivity contribution < 1.29 is 24.0 Å². The quantitative estimate of drug-likeness (QED) is 0.128. The number of carbonyl (C=O) groups is 3. The number of nitrogens with two attached hydrogens (primary N) is 1. The molecule has 4 heterocycles. The highest BCUT2D eigenvalue weighted by atomic mass is 35.5. The molecule has 0 bridgehead atoms. The smallest absolute Gasteiger partial charge is 0.355 e. The number of hydrogen-bond acceptors (Lipinski definition) is 14. The van der Waals surface area contributed by atoms with E-state index in [4.69, 9.17) is 26.9 Å². The minimum absolute atomic E-state index is 0.0952. The van der Waals surface area contributed by atoms with E-state index in [-0.39, 0.29) is 33.9 Å². The van der Waals surface area contributed by atoms with E-state index < -0.39 is 29.2 Å². The average Bonchev–Trinajstić information content (AvgIpc) is 3.49. The Balaban J connectivity index is 1.54. The normalized spacial score (nSPS) is 19.3. The van der Waals surface area contributed by atoms with E-state index in [2.05, 4.69) is 37.6 Å². The number of rotatable bonds is 10. The molecular weight excluding hydrogens is 566 g/mol. The zero-order valence-electron chi connectivity index (χ0n) is 19.4. The maximum Gasteiger partial charge on any atom is 0.355 e. The number of aromatic nitrogens is 5. The van der Waals surface area contributed by atoms with Crippen molar-refractivity contribution in [3.63, 3.8) is 0 Å². The van der Waals surface area contributed by atoms with E-state index >= 15 is 0 Å². The summed E-state index contributed by atoms with van der Waals surface area (Å²) in [6.45, 7) is 3.30. The number of hydrogen-bond donors (Lipinski definition) is 2. The van der Waals surface area contributed by atoms with Gasteiger partial charge >= 0.3 is 5.97 Å². The third-order valence-corrected chi connectivity index (χ3v) is 8.23. The molecule has 0 saturated carbocycles. The third-order valence-electron chi connectivity index (χ3n) is 5.01. The summed E-state index contributed by atoms with van der Waals surface area (Å²) in [6.07, 6.45) is 0. The van der Waals surface area contributed by atoms with Crippen LogP contribution >= 0.6 is 46.5 Å². The highest BCUT2D eigenvalue weighted by Gasteiger charge is 2.54. The molecule has 3 N–H and O–H groups in total. The Kier molecular flexibility index (Phi) is 8.35. The summed E-state index contributed by atoms with van der Waals surface area (Å²) in [6, 6.07) is -0.918. The highest BCUT2D eigenvalue weighted by Crippen LogP contribution is 2.42. The van der Waals surface area contributed by atoms with Gasteiger partial charge in [-0.05, 0) is 16.0 Å². The number of thioether (sulfide) groups is 2. The number of nitrogens with zero attached hydrogens (tertiary/aromatic N) is 7. The van der Waals surface area contributed by atoms with Gasteiger partial charge in [0.25, 0.3) is 11.8 Å². The number of thiazole rings is 1. The fraction of sp³-hybridized carbons (Fsp3) is 0.368. The molecule has 2 aliphatic rings. The monoisotopic (exact) mass is 585 g/mol. The molecule has 0 aliphatic carbocycles. The van der Waals surface area contributed by atoms with Gasteiger partial charge in [0.05, 0.1) is 0 Å². The van der Waals surface area contributed by atoms with Crippen molar-refractivity contribution in [1.82, 2.24) is 35.4 Å². The van der Waals surface area contributed by atoms with Gasteiger partial charge in [-0.2, -0.15) is 0 Å². The Bertz CT molecular complexity index is 1310. The molecule has 0 radical (unpaired) electrons. The van der Waals surface area contributed by atoms with E-state index in [1.54, 1.807) is 12.4 Å². The van der Waals surface area contributed by atoms with Gasteiger partial charge in [0.15, 0.2) is 10.8 Å². The molecule has 2 aromatic heterocycles. The molecule has 2 aromatic rings. The minimum Gasteiger partial charge on any atom is -0.455 e. The van der Waals surface area contributed by atoms with Crippen LogP contribution in [0, 0.1) is 0 Å². The number of carbonyl (C=O) groups excluding carboxylic acids is 3. The van der Waals surface area contributed by atoms with Gasteiger partial charge in [-0.25, -0.2) is 14.5 Å². The second kappa shape index (κ2) is 11.5. The predicted molar refractivity (Wildman–Crippen MR) is 138 cm³/mol. The summed E-state index contributed by atoms with van der Waals surface area (Å²) < 4.78 is 6.75. The highest BCUT2D eigenvalue weighted by molar-refractivity contribution is 8.01. The van der Waals surface area contributed by atoms with Crippen LogP contribution in [0.3, 0.4) is 0 Å². The van der Waals surface area contributed by atoms with Crippen molar-refractivity contribution in [2.45, 2.75) is 16.6 Å². The maximum absolute atomic E-state index is 13.2. The molecule has 1 saturated heterocycles. The lowest BCUT2D eigenvalue weighted by Crippen LogP contribution is -2.71. The van der Waals surface area contributed by atoms with Gasteiger partial charge < -0.3 is 20.6 Å². The lowest BCUT2D eigenvalue weighted by Gasteiger charge is -2.49. The molecule has 0 spiro atoms. The number of anilines is 1. The predicted octanol–water partition coefficient (Wildman–Crippen LogP) is 0.341. The number of nitrogens with one attached hydrogen (secondary N) is 1. The summed E-state index contributed by atoms with van der Waals surface area (Å²) in [7, 11) is 2.97. The van der Waals surface area contributed by atoms with E-state index in [9.17, 15) is 14.4 Å². The van der Waals surface area contributed by atoms with E-state index in [1.807, 2.05) is 0 Å². The largest absolute Gasteiger partial charge is 0.455 e. The summed E-state index contributed by atoms with van der Waals surface area (Å²) >= 11 is 9.58. The summed E-state index contributed by atoms with van der Waals surface area (Å²) in [5.41, 5.74) is 6.49. The standard InChI is InChI=1S/C19H20ClN9O5S3/c1-8(20)4-34-17(32)13-9(6-37-19-24-26-27-28(19)2)5-35-16-12(15(31)29(13)16)23-14(30)11(25-33-3)10-7-36-18(21)22-10/h7,12,16H,1,4-6H2,2-3H3,(H2,21,22)(H,23,30)/b25-11-/t12?,16-/m1/s1. The van der Waals surface area contributed by atoms with E-state index in [0.717, 1.165) is 11.3 Å². The van der Waals surface area contributed by atoms with Gasteiger partial charge in [-0.3, -0.25) is 14.5 Å². The van der Waals surface area contributed by atoms with Crippen molar-refractivity contribution in [2.75, 3.05) is 31.0 Å².